The number of hydrogen-bond acceptors (Lipinski definition) is 6. The minimum absolute atomic E-state index is 0.0338. The van der Waals surface area contributed by atoms with E-state index in [0.29, 0.717) is 17.2 Å². The number of hydrogen-bond donors (Lipinski definition) is 0. The Labute approximate surface area is 240 Å². The van der Waals surface area contributed by atoms with Gasteiger partial charge in [-0.25, -0.2) is 17.7 Å². The molecule has 3 aromatic rings. The van der Waals surface area contributed by atoms with Crippen LogP contribution in [0.5, 0.6) is 5.75 Å². The summed E-state index contributed by atoms with van der Waals surface area (Å²) in [6.45, 7) is 6.69. The van der Waals surface area contributed by atoms with E-state index in [-0.39, 0.29) is 23.6 Å². The smallest absolute Gasteiger partial charge is 0.243 e. The summed E-state index contributed by atoms with van der Waals surface area (Å²) in [6.07, 6.45) is 5.50. The van der Waals surface area contributed by atoms with Gasteiger partial charge in [-0.3, -0.25) is 4.79 Å². The molecule has 8 nitrogen and oxygen atoms in total. The minimum Gasteiger partial charge on any atom is -0.497 e. The number of methoxy groups -OCH3 is 1. The number of carbonyl (C=O) groups is 1. The normalized spacial score (nSPS) is 17.6. The Morgan fingerprint density at radius 1 is 1.07 bits per heavy atom. The predicted octanol–water partition coefficient (Wildman–Crippen LogP) is 5.53. The molecule has 2 aromatic carbocycles. The molecule has 0 radical (unpaired) electrons. The molecular weight excluding hydrogens is 524 g/mol. The van der Waals surface area contributed by atoms with Crippen molar-refractivity contribution in [3.8, 4) is 5.75 Å². The number of carbonyl (C=O) groups excluding carboxylic acids is 1. The summed E-state index contributed by atoms with van der Waals surface area (Å²) < 4.78 is 33.2. The Hall–Kier alpha value is -2.75. The van der Waals surface area contributed by atoms with Gasteiger partial charge in [0.15, 0.2) is 0 Å². The van der Waals surface area contributed by atoms with Crippen LogP contribution in [0.3, 0.4) is 0 Å². The fraction of sp³-hybridized carbons (Fsp3) is 0.548. The van der Waals surface area contributed by atoms with E-state index in [2.05, 4.69) is 55.7 Å². The third-order valence-electron chi connectivity index (χ3n) is 7.71. The Balaban J connectivity index is 0.000000222. The number of imidazole rings is 1. The Morgan fingerprint density at radius 3 is 2.33 bits per heavy atom. The lowest BCUT2D eigenvalue weighted by molar-refractivity contribution is -0.117. The third kappa shape index (κ3) is 7.92. The largest absolute Gasteiger partial charge is 0.497 e. The fourth-order valence-corrected chi connectivity index (χ4v) is 6.63. The highest BCUT2D eigenvalue weighted by Gasteiger charge is 2.24. The fourth-order valence-electron chi connectivity index (χ4n) is 5.25. The zero-order valence-corrected chi connectivity index (χ0v) is 26.2. The molecule has 9 heteroatoms. The lowest BCUT2D eigenvalue weighted by Crippen LogP contribution is -2.29. The molecule has 1 aromatic heterocycles. The molecule has 0 amide bonds. The second kappa shape index (κ2) is 13.7. The van der Waals surface area contributed by atoms with Crippen molar-refractivity contribution in [3.63, 3.8) is 0 Å². The number of benzene rings is 2. The second-order valence-corrected chi connectivity index (χ2v) is 13.5. The lowest BCUT2D eigenvalue weighted by Gasteiger charge is -2.25. The third-order valence-corrected chi connectivity index (χ3v) is 9.73. The number of ether oxygens (including phenoxy) is 1. The zero-order valence-electron chi connectivity index (χ0n) is 25.4. The van der Waals surface area contributed by atoms with Gasteiger partial charge in [0.1, 0.15) is 17.4 Å². The van der Waals surface area contributed by atoms with Crippen LogP contribution in [0.2, 0.25) is 0 Å². The van der Waals surface area contributed by atoms with Crippen LogP contribution < -0.4 is 4.74 Å². The minimum atomic E-state index is -3.56. The van der Waals surface area contributed by atoms with Crippen LogP contribution in [0.15, 0.2) is 41.3 Å². The average molecular weight is 571 g/mol. The summed E-state index contributed by atoms with van der Waals surface area (Å²) in [4.78, 5) is 18.3. The van der Waals surface area contributed by atoms with Gasteiger partial charge in [0.2, 0.25) is 10.0 Å². The molecule has 1 fully saturated rings. The van der Waals surface area contributed by atoms with E-state index in [1.165, 1.54) is 74.0 Å². The molecular formula is C31H46N4O4S. The lowest BCUT2D eigenvalue weighted by atomic mass is 9.82. The molecule has 0 unspecified atom stereocenters. The van der Waals surface area contributed by atoms with Gasteiger partial charge in [-0.2, -0.15) is 0 Å². The van der Waals surface area contributed by atoms with Gasteiger partial charge < -0.3 is 14.2 Å². The summed E-state index contributed by atoms with van der Waals surface area (Å²) in [6, 6.07) is 11.5. The van der Waals surface area contributed by atoms with Crippen LogP contribution >= 0.6 is 0 Å². The Morgan fingerprint density at radius 2 is 1.75 bits per heavy atom. The molecule has 4 rings (SSSR count). The molecule has 40 heavy (non-hydrogen) atoms. The van der Waals surface area contributed by atoms with E-state index in [4.69, 9.17) is 9.72 Å². The Kier molecular flexibility index (Phi) is 10.9. The SMILES string of the molecule is CC1CCC(c2nc3cc(CN(C)C)ccc3n2C)CC1.COc1ccc(S(=O)(=O)N(C)CCC(C)=O)c(C)c1. The summed E-state index contributed by atoms with van der Waals surface area (Å²) in [7, 11) is 5.83. The summed E-state index contributed by atoms with van der Waals surface area (Å²) >= 11 is 0. The predicted molar refractivity (Wildman–Crippen MR) is 161 cm³/mol. The van der Waals surface area contributed by atoms with E-state index in [0.717, 1.165) is 18.0 Å². The quantitative estimate of drug-likeness (QED) is 0.336. The number of ketones is 1. The molecule has 0 aliphatic heterocycles. The van der Waals surface area contributed by atoms with Crippen molar-refractivity contribution >= 4 is 26.8 Å². The average Bonchev–Trinajstić information content (AvgIpc) is 3.22. The van der Waals surface area contributed by atoms with Crippen LogP contribution in [-0.2, 0) is 28.4 Å². The van der Waals surface area contributed by atoms with Crippen molar-refractivity contribution in [2.75, 3.05) is 34.8 Å². The maximum atomic E-state index is 12.3. The number of aryl methyl sites for hydroxylation is 2. The van der Waals surface area contributed by atoms with Gasteiger partial charge >= 0.3 is 0 Å². The summed E-state index contributed by atoms with van der Waals surface area (Å²) in [5.74, 6) is 3.41. The van der Waals surface area contributed by atoms with Crippen LogP contribution in [0, 0.1) is 12.8 Å². The number of fused-ring (bicyclic) bond motifs is 1. The second-order valence-electron chi connectivity index (χ2n) is 11.5. The van der Waals surface area contributed by atoms with Crippen LogP contribution in [0.4, 0.5) is 0 Å². The number of aromatic nitrogens is 2. The van der Waals surface area contributed by atoms with E-state index in [1.54, 1.807) is 19.1 Å². The van der Waals surface area contributed by atoms with Gasteiger partial charge in [-0.1, -0.05) is 25.8 Å². The van der Waals surface area contributed by atoms with E-state index < -0.39 is 10.0 Å². The van der Waals surface area contributed by atoms with Crippen molar-refractivity contribution in [1.29, 1.82) is 0 Å². The van der Waals surface area contributed by atoms with Gasteiger partial charge in [-0.05, 0) is 88.2 Å². The molecule has 1 saturated carbocycles. The molecule has 1 aliphatic carbocycles. The molecule has 1 heterocycles. The molecule has 0 atom stereocenters. The van der Waals surface area contributed by atoms with Crippen molar-refractivity contribution in [1.82, 2.24) is 18.8 Å². The van der Waals surface area contributed by atoms with Crippen LogP contribution in [0.1, 0.15) is 68.8 Å². The highest BCUT2D eigenvalue weighted by Crippen LogP contribution is 2.36. The monoisotopic (exact) mass is 570 g/mol. The standard InChI is InChI=1S/C18H27N3.C13H19NO4S/c1-13-5-8-15(9-6-13)18-19-16-11-14(12-20(2)3)7-10-17(16)21(18)4;1-10-9-12(18-4)5-6-13(10)19(16,17)14(3)8-7-11(2)15/h7,10-11,13,15H,5-6,8-9,12H2,1-4H3;5-6,9H,7-8H2,1-4H3. The molecule has 0 bridgehead atoms. The number of rotatable bonds is 9. The first-order chi connectivity index (χ1) is 18.8. The molecule has 220 valence electrons. The van der Waals surface area contributed by atoms with Gasteiger partial charge in [-0.15, -0.1) is 0 Å². The zero-order chi connectivity index (χ0) is 29.6. The van der Waals surface area contributed by atoms with E-state index in [1.807, 2.05) is 0 Å². The number of Topliss-reactive ketones (excluding diaryl/α,β-unsaturated/α-hetero) is 1. The number of nitrogens with zero attached hydrogens (tertiary/aromatic N) is 4. The van der Waals surface area contributed by atoms with Crippen molar-refractivity contribution in [3.05, 3.63) is 53.3 Å². The summed E-state index contributed by atoms with van der Waals surface area (Å²) in [5, 5.41) is 0. The first-order valence-corrected chi connectivity index (χ1v) is 15.5. The molecule has 1 aliphatic rings. The number of sulfonamides is 1. The van der Waals surface area contributed by atoms with Crippen LogP contribution in [0.25, 0.3) is 11.0 Å². The van der Waals surface area contributed by atoms with Gasteiger partial charge in [0, 0.05) is 39.5 Å². The van der Waals surface area contributed by atoms with Crippen molar-refractivity contribution < 1.29 is 17.9 Å². The topological polar surface area (TPSA) is 84.7 Å². The Bertz CT molecular complexity index is 1410. The first kappa shape index (κ1) is 31.8. The van der Waals surface area contributed by atoms with Crippen molar-refractivity contribution in [2.24, 2.45) is 13.0 Å². The summed E-state index contributed by atoms with van der Waals surface area (Å²) in [5.41, 5.74) is 4.39. The molecule has 0 saturated heterocycles. The highest BCUT2D eigenvalue weighted by atomic mass is 32.2. The molecule has 0 N–H and O–H groups in total. The van der Waals surface area contributed by atoms with Gasteiger partial charge in [0.25, 0.3) is 0 Å². The molecule has 0 spiro atoms. The van der Waals surface area contributed by atoms with E-state index >= 15 is 0 Å². The maximum absolute atomic E-state index is 12.3. The van der Waals surface area contributed by atoms with Crippen LogP contribution in [-0.4, -0.2) is 67.8 Å². The van der Waals surface area contributed by atoms with Gasteiger partial charge in [0.05, 0.1) is 23.0 Å². The first-order valence-electron chi connectivity index (χ1n) is 14.0. The maximum Gasteiger partial charge on any atom is 0.243 e. The highest BCUT2D eigenvalue weighted by molar-refractivity contribution is 7.89. The van der Waals surface area contributed by atoms with Crippen molar-refractivity contribution in [2.45, 2.75) is 70.2 Å². The van der Waals surface area contributed by atoms with E-state index in [9.17, 15) is 13.2 Å².